The van der Waals surface area contributed by atoms with Gasteiger partial charge < -0.3 is 25.4 Å². The predicted octanol–water partition coefficient (Wildman–Crippen LogP) is 0.274. The Morgan fingerprint density at radius 3 is 2.48 bits per heavy atom. The third kappa shape index (κ3) is 6.12. The first-order valence-electron chi connectivity index (χ1n) is 7.03. The van der Waals surface area contributed by atoms with Crippen molar-refractivity contribution in [3.05, 3.63) is 11.1 Å². The van der Waals surface area contributed by atoms with Gasteiger partial charge in [0.05, 0.1) is 7.11 Å². The number of nitrogens with zero attached hydrogens (tertiary/aromatic N) is 2. The van der Waals surface area contributed by atoms with Crippen LogP contribution in [0, 0.1) is 0 Å². The second kappa shape index (κ2) is 8.53. The number of amides is 1. The second-order valence-corrected chi connectivity index (χ2v) is 6.51. The van der Waals surface area contributed by atoms with Crippen molar-refractivity contribution in [3.8, 4) is 0 Å². The number of nitrogens with one attached hydrogen (secondary N) is 1. The second-order valence-electron chi connectivity index (χ2n) is 5.65. The third-order valence-corrected chi connectivity index (χ3v) is 3.24. The van der Waals surface area contributed by atoms with Crippen LogP contribution >= 0.6 is 11.3 Å². The fourth-order valence-electron chi connectivity index (χ4n) is 1.47. The summed E-state index contributed by atoms with van der Waals surface area (Å²) in [4.78, 5) is 44.0. The number of aromatic nitrogens is 1. The third-order valence-electron chi connectivity index (χ3n) is 2.48. The van der Waals surface area contributed by atoms with E-state index in [4.69, 9.17) is 10.5 Å². The first kappa shape index (κ1) is 20.5. The van der Waals surface area contributed by atoms with Gasteiger partial charge in [0.1, 0.15) is 18.4 Å². The average molecular weight is 372 g/mol. The van der Waals surface area contributed by atoms with E-state index in [2.05, 4.69) is 25.0 Å². The molecule has 0 bridgehead atoms. The van der Waals surface area contributed by atoms with Gasteiger partial charge in [-0.3, -0.25) is 4.79 Å². The van der Waals surface area contributed by atoms with Crippen molar-refractivity contribution < 1.29 is 28.7 Å². The maximum atomic E-state index is 12.0. The molecule has 25 heavy (non-hydrogen) atoms. The number of esters is 2. The lowest BCUT2D eigenvalue weighted by atomic mass is 10.2. The maximum absolute atomic E-state index is 12.0. The summed E-state index contributed by atoms with van der Waals surface area (Å²) < 4.78 is 9.61. The molecule has 1 unspecified atom stereocenters. The number of rotatable bonds is 6. The number of hydrogen-bond donors (Lipinski definition) is 2. The predicted molar refractivity (Wildman–Crippen MR) is 90.1 cm³/mol. The Hall–Kier alpha value is -2.53. The van der Waals surface area contributed by atoms with Crippen LogP contribution in [-0.4, -0.2) is 54.4 Å². The first-order chi connectivity index (χ1) is 11.6. The fourth-order valence-corrected chi connectivity index (χ4v) is 2.17. The molecule has 1 aromatic rings. The van der Waals surface area contributed by atoms with Crippen LogP contribution in [0.2, 0.25) is 0 Å². The lowest BCUT2D eigenvalue weighted by Crippen LogP contribution is -2.45. The zero-order valence-electron chi connectivity index (χ0n) is 14.5. The molecule has 11 heteroatoms. The first-order valence-corrected chi connectivity index (χ1v) is 7.91. The summed E-state index contributed by atoms with van der Waals surface area (Å²) in [5, 5.41) is 7.49. The molecule has 3 N–H and O–H groups in total. The van der Waals surface area contributed by atoms with Gasteiger partial charge >= 0.3 is 11.9 Å². The lowest BCUT2D eigenvalue weighted by Gasteiger charge is -2.21. The Morgan fingerprint density at radius 2 is 1.96 bits per heavy atom. The molecular formula is C14H20N4O6S. The molecule has 1 aromatic heterocycles. The molecule has 0 radical (unpaired) electrons. The summed E-state index contributed by atoms with van der Waals surface area (Å²) in [6, 6.07) is -1.51. The summed E-state index contributed by atoms with van der Waals surface area (Å²) in [6.45, 7) is 4.98. The standard InChI is InChI=1S/C14H20N4O6S/c1-14(2,3)24-11(20)8(15)10(19)17-13-16-7(6-25-13)9(18-23-5)12(21)22-4/h6,8H,15H2,1-5H3,(H,16,17,19)/b18-9-. The summed E-state index contributed by atoms with van der Waals surface area (Å²) in [7, 11) is 2.44. The minimum absolute atomic E-state index is 0.117. The monoisotopic (exact) mass is 372 g/mol. The molecular weight excluding hydrogens is 352 g/mol. The summed E-state index contributed by atoms with van der Waals surface area (Å²) in [5.74, 6) is -2.41. The molecule has 0 aliphatic rings. The van der Waals surface area contributed by atoms with Crippen LogP contribution in [-0.2, 0) is 28.7 Å². The van der Waals surface area contributed by atoms with E-state index in [0.717, 1.165) is 11.3 Å². The minimum atomic E-state index is -1.51. The molecule has 0 aliphatic heterocycles. The Labute approximate surface area is 148 Å². The highest BCUT2D eigenvalue weighted by atomic mass is 32.1. The molecule has 10 nitrogen and oxygen atoms in total. The van der Waals surface area contributed by atoms with Gasteiger partial charge in [0.15, 0.2) is 11.2 Å². The van der Waals surface area contributed by atoms with Crippen molar-refractivity contribution in [1.29, 1.82) is 0 Å². The largest absolute Gasteiger partial charge is 0.464 e. The molecule has 0 saturated carbocycles. The van der Waals surface area contributed by atoms with Crippen molar-refractivity contribution in [2.45, 2.75) is 32.4 Å². The highest BCUT2D eigenvalue weighted by Crippen LogP contribution is 2.17. The van der Waals surface area contributed by atoms with Gasteiger partial charge in [0.2, 0.25) is 5.71 Å². The Morgan fingerprint density at radius 1 is 1.32 bits per heavy atom. The summed E-state index contributed by atoms with van der Waals surface area (Å²) in [5.41, 5.74) is 4.77. The van der Waals surface area contributed by atoms with E-state index in [0.29, 0.717) is 0 Å². The SMILES string of the molecule is CO/N=C(\C(=O)OC)c1csc(NC(=O)C(N)C(=O)OC(C)(C)C)n1. The highest BCUT2D eigenvalue weighted by molar-refractivity contribution is 7.14. The molecule has 0 aromatic carbocycles. The van der Waals surface area contributed by atoms with Crippen molar-refractivity contribution in [1.82, 2.24) is 4.98 Å². The van der Waals surface area contributed by atoms with Gasteiger partial charge in [-0.25, -0.2) is 14.6 Å². The molecule has 1 atom stereocenters. The summed E-state index contributed by atoms with van der Waals surface area (Å²) >= 11 is 1.01. The maximum Gasteiger partial charge on any atom is 0.362 e. The highest BCUT2D eigenvalue weighted by Gasteiger charge is 2.28. The molecule has 138 valence electrons. The van der Waals surface area contributed by atoms with Crippen molar-refractivity contribution >= 4 is 40.0 Å². The normalized spacial score (nSPS) is 13.0. The number of carbonyl (C=O) groups excluding carboxylic acids is 3. The van der Waals surface area contributed by atoms with Gasteiger partial charge in [-0.05, 0) is 20.8 Å². The van der Waals surface area contributed by atoms with E-state index < -0.39 is 29.5 Å². The van der Waals surface area contributed by atoms with Crippen LogP contribution in [0.25, 0.3) is 0 Å². The average Bonchev–Trinajstić information content (AvgIpc) is 2.97. The number of nitrogens with two attached hydrogens (primary N) is 1. The Bertz CT molecular complexity index is 679. The van der Waals surface area contributed by atoms with E-state index >= 15 is 0 Å². The van der Waals surface area contributed by atoms with E-state index in [9.17, 15) is 14.4 Å². The fraction of sp³-hybridized carbons (Fsp3) is 0.500. The van der Waals surface area contributed by atoms with Crippen LogP contribution in [0.5, 0.6) is 0 Å². The van der Waals surface area contributed by atoms with Crippen molar-refractivity contribution in [3.63, 3.8) is 0 Å². The molecule has 0 saturated heterocycles. The topological polar surface area (TPSA) is 142 Å². The number of thiazole rings is 1. The molecule has 0 aliphatic carbocycles. The smallest absolute Gasteiger partial charge is 0.362 e. The number of anilines is 1. The number of hydrogen-bond acceptors (Lipinski definition) is 10. The Kier molecular flexibility index (Phi) is 7.00. The van der Waals surface area contributed by atoms with Gasteiger partial charge in [-0.1, -0.05) is 5.16 Å². The van der Waals surface area contributed by atoms with Crippen LogP contribution in [0.4, 0.5) is 5.13 Å². The van der Waals surface area contributed by atoms with Gasteiger partial charge in [-0.15, -0.1) is 11.3 Å². The molecule has 1 heterocycles. The number of ether oxygens (including phenoxy) is 2. The molecule has 0 spiro atoms. The van der Waals surface area contributed by atoms with Crippen LogP contribution in [0.15, 0.2) is 10.5 Å². The van der Waals surface area contributed by atoms with Crippen LogP contribution in [0.3, 0.4) is 0 Å². The number of methoxy groups -OCH3 is 1. The lowest BCUT2D eigenvalue weighted by molar-refractivity contribution is -0.157. The van der Waals surface area contributed by atoms with Gasteiger partial charge in [0, 0.05) is 5.38 Å². The van der Waals surface area contributed by atoms with Crippen LogP contribution in [0.1, 0.15) is 26.5 Å². The van der Waals surface area contributed by atoms with E-state index in [1.165, 1.54) is 19.6 Å². The van der Waals surface area contributed by atoms with E-state index in [1.54, 1.807) is 20.8 Å². The quantitative estimate of drug-likeness (QED) is 0.314. The number of oxime groups is 1. The van der Waals surface area contributed by atoms with Gasteiger partial charge in [0.25, 0.3) is 5.91 Å². The van der Waals surface area contributed by atoms with Crippen molar-refractivity contribution in [2.75, 3.05) is 19.5 Å². The zero-order chi connectivity index (χ0) is 19.2. The number of carbonyl (C=O) groups is 3. The zero-order valence-corrected chi connectivity index (χ0v) is 15.3. The van der Waals surface area contributed by atoms with E-state index in [-0.39, 0.29) is 16.5 Å². The molecule has 0 fully saturated rings. The van der Waals surface area contributed by atoms with E-state index in [1.807, 2.05) is 0 Å². The minimum Gasteiger partial charge on any atom is -0.464 e. The van der Waals surface area contributed by atoms with Crippen molar-refractivity contribution in [2.24, 2.45) is 10.9 Å². The van der Waals surface area contributed by atoms with Gasteiger partial charge in [-0.2, -0.15) is 0 Å². The van der Waals surface area contributed by atoms with Crippen LogP contribution < -0.4 is 11.1 Å². The Balaban J connectivity index is 2.83. The summed E-state index contributed by atoms with van der Waals surface area (Å²) in [6.07, 6.45) is 0. The molecule has 1 rings (SSSR count). The molecule has 1 amide bonds.